The maximum atomic E-state index is 12.7. The Balaban J connectivity index is 0.00000129. The summed E-state index contributed by atoms with van der Waals surface area (Å²) in [6.07, 6.45) is -0.0954. The average Bonchev–Trinajstić information content (AvgIpc) is 3.07. The number of aromatic amines is 1. The molecule has 0 aliphatic carbocycles. The van der Waals surface area contributed by atoms with E-state index < -0.39 is 17.0 Å². The second-order valence-electron chi connectivity index (χ2n) is 5.74. The number of aryl methyl sites for hydroxylation is 1. The number of ether oxygens (including phenoxy) is 2. The topological polar surface area (TPSA) is 135 Å². The second-order valence-corrected chi connectivity index (χ2v) is 7.11. The van der Waals surface area contributed by atoms with Crippen molar-refractivity contribution in [2.45, 2.75) is 24.8 Å². The minimum Gasteiger partial charge on any atom is -1.00 e. The molecule has 3 aromatic rings. The van der Waals surface area contributed by atoms with E-state index in [1.54, 1.807) is 20.4 Å². The van der Waals surface area contributed by atoms with Crippen LogP contribution in [0.4, 0.5) is 4.79 Å². The van der Waals surface area contributed by atoms with E-state index in [0.29, 0.717) is 5.16 Å². The minimum atomic E-state index is -1.83. The Morgan fingerprint density at radius 1 is 1.24 bits per heavy atom. The normalized spacial score (nSPS) is 11.0. The largest absolute Gasteiger partial charge is 1.00 e. The van der Waals surface area contributed by atoms with Gasteiger partial charge in [-0.3, -0.25) is 9.19 Å². The first kappa shape index (κ1) is 24.9. The van der Waals surface area contributed by atoms with Crippen LogP contribution in [0.2, 0.25) is 0 Å². The third-order valence-corrected chi connectivity index (χ3v) is 5.06. The number of nitrogens with zero attached hydrogens (tertiary/aromatic N) is 2. The van der Waals surface area contributed by atoms with E-state index in [-0.39, 0.29) is 36.7 Å². The third kappa shape index (κ3) is 6.43. The summed E-state index contributed by atoms with van der Waals surface area (Å²) >= 11 is 0. The summed E-state index contributed by atoms with van der Waals surface area (Å²) in [4.78, 5) is 20.5. The molecule has 0 bridgehead atoms. The van der Waals surface area contributed by atoms with Crippen molar-refractivity contribution in [1.29, 1.82) is 0 Å². The molecule has 2 heterocycles. The van der Waals surface area contributed by atoms with E-state index >= 15 is 0 Å². The molecule has 2 aromatic heterocycles. The van der Waals surface area contributed by atoms with E-state index in [1.165, 1.54) is 0 Å². The molecule has 0 saturated heterocycles. The van der Waals surface area contributed by atoms with Crippen LogP contribution in [0.1, 0.15) is 18.2 Å². The molecule has 3 rings (SSSR count). The van der Waals surface area contributed by atoms with Gasteiger partial charge in [-0.1, -0.05) is 0 Å². The Kier molecular flexibility index (Phi) is 9.57. The van der Waals surface area contributed by atoms with Gasteiger partial charge >= 0.3 is 35.7 Å². The van der Waals surface area contributed by atoms with Crippen molar-refractivity contribution in [3.8, 4) is 11.5 Å². The predicted octanol–water partition coefficient (Wildman–Crippen LogP) is 0.239. The van der Waals surface area contributed by atoms with Gasteiger partial charge in [-0.05, 0) is 26.0 Å². The van der Waals surface area contributed by atoms with E-state index in [1.807, 2.05) is 32.0 Å². The van der Waals surface area contributed by atoms with Crippen LogP contribution in [0, 0.1) is 13.8 Å². The van der Waals surface area contributed by atoms with Crippen LogP contribution in [-0.4, -0.2) is 49.7 Å². The van der Waals surface area contributed by atoms with E-state index in [2.05, 4.69) is 15.0 Å². The van der Waals surface area contributed by atoms with Crippen molar-refractivity contribution in [3.05, 3.63) is 41.2 Å². The summed E-state index contributed by atoms with van der Waals surface area (Å²) in [5, 5.41) is 14.4. The van der Waals surface area contributed by atoms with Gasteiger partial charge in [0.15, 0.2) is 5.16 Å². The predicted molar refractivity (Wildman–Crippen MR) is 105 cm³/mol. The summed E-state index contributed by atoms with van der Waals surface area (Å²) in [6, 6.07) is 5.50. The van der Waals surface area contributed by atoms with Crippen LogP contribution in [0.25, 0.3) is 11.0 Å². The number of carboxylic acid groups (broad SMARTS) is 2. The number of imidazole rings is 1. The molecule has 0 fully saturated rings. The molecule has 11 heteroatoms. The number of H-pyrrole nitrogens is 1. The van der Waals surface area contributed by atoms with Crippen LogP contribution in [0.5, 0.6) is 11.5 Å². The Labute approximate surface area is 193 Å². The van der Waals surface area contributed by atoms with E-state index in [0.717, 1.165) is 39.4 Å². The monoisotopic (exact) mass is 431 g/mol. The Bertz CT molecular complexity index is 1030. The minimum absolute atomic E-state index is 0. The van der Waals surface area contributed by atoms with Crippen LogP contribution >= 0.6 is 0 Å². The Morgan fingerprint density at radius 2 is 1.90 bits per heavy atom. The first-order valence-corrected chi connectivity index (χ1v) is 9.41. The molecule has 0 amide bonds. The van der Waals surface area contributed by atoms with Crippen LogP contribution < -0.4 is 39.0 Å². The van der Waals surface area contributed by atoms with Crippen molar-refractivity contribution in [2.75, 3.05) is 14.2 Å². The van der Waals surface area contributed by atoms with Crippen LogP contribution in [-0.2, 0) is 16.6 Å². The molecule has 3 N–H and O–H groups in total. The standard InChI is InChI=1S/C17H19N3O3S.CH2O3.Na.H/c1-10-8-18-15(11(2)16(10)23-4)9-24(21)17-19-13-6-5-12(22-3)7-14(13)20-17;2-1(3)4;;/h5-8H,9H2,1-4H3,(H,19,20);(H2,2,3,4);;/q;;+1;-1. The summed E-state index contributed by atoms with van der Waals surface area (Å²) in [5.74, 6) is 1.79. The Morgan fingerprint density at radius 3 is 2.48 bits per heavy atom. The van der Waals surface area contributed by atoms with Gasteiger partial charge in [-0.25, -0.2) is 9.78 Å². The molecule has 0 aliphatic heterocycles. The number of methoxy groups -OCH3 is 2. The van der Waals surface area contributed by atoms with E-state index in [9.17, 15) is 4.21 Å². The molecule has 0 radical (unpaired) electrons. The smallest absolute Gasteiger partial charge is 1.00 e. The van der Waals surface area contributed by atoms with Crippen LogP contribution in [0.15, 0.2) is 29.6 Å². The summed E-state index contributed by atoms with van der Waals surface area (Å²) in [5.41, 5.74) is 4.16. The van der Waals surface area contributed by atoms with Gasteiger partial charge < -0.3 is 26.1 Å². The number of carbonyl (C=O) groups is 1. The number of rotatable bonds is 5. The number of nitrogens with one attached hydrogen (secondary N) is 1. The van der Waals surface area contributed by atoms with Gasteiger partial charge in [0.25, 0.3) is 0 Å². The summed E-state index contributed by atoms with van der Waals surface area (Å²) in [7, 11) is 1.91. The van der Waals surface area contributed by atoms with Crippen molar-refractivity contribution in [1.82, 2.24) is 15.0 Å². The fraction of sp³-hybridized carbons (Fsp3) is 0.278. The van der Waals surface area contributed by atoms with Gasteiger partial charge in [0.1, 0.15) is 11.5 Å². The molecular formula is C18H22N3NaO6S. The number of benzene rings is 1. The first-order valence-electron chi connectivity index (χ1n) is 8.09. The van der Waals surface area contributed by atoms with Gasteiger partial charge in [0.05, 0.1) is 47.5 Å². The fourth-order valence-electron chi connectivity index (χ4n) is 2.61. The van der Waals surface area contributed by atoms with Crippen molar-refractivity contribution < 1.29 is 59.7 Å². The molecule has 152 valence electrons. The molecule has 29 heavy (non-hydrogen) atoms. The maximum Gasteiger partial charge on any atom is 1.00 e. The van der Waals surface area contributed by atoms with E-state index in [4.69, 9.17) is 24.5 Å². The number of fused-ring (bicyclic) bond motifs is 1. The number of hydrogen-bond donors (Lipinski definition) is 3. The zero-order chi connectivity index (χ0) is 20.8. The number of pyridine rings is 1. The van der Waals surface area contributed by atoms with Crippen molar-refractivity contribution >= 4 is 28.0 Å². The molecular weight excluding hydrogens is 409 g/mol. The van der Waals surface area contributed by atoms with Gasteiger partial charge in [-0.15, -0.1) is 0 Å². The summed E-state index contributed by atoms with van der Waals surface area (Å²) in [6.45, 7) is 3.86. The number of hydrogen-bond acceptors (Lipinski definition) is 6. The fourth-order valence-corrected chi connectivity index (χ4v) is 3.71. The van der Waals surface area contributed by atoms with Crippen molar-refractivity contribution in [3.63, 3.8) is 0 Å². The van der Waals surface area contributed by atoms with Crippen molar-refractivity contribution in [2.24, 2.45) is 0 Å². The Hall–Kier alpha value is -2.14. The maximum absolute atomic E-state index is 12.7. The molecule has 0 saturated carbocycles. The molecule has 1 atom stereocenters. The zero-order valence-corrected chi connectivity index (χ0v) is 19.7. The summed E-state index contributed by atoms with van der Waals surface area (Å²) < 4.78 is 23.3. The SMILES string of the molecule is COc1ccc2nc(S(=O)Cc3ncc(C)c(OC)c3C)[nH]c2c1.O=C(O)O.[H-].[Na+]. The molecule has 9 nitrogen and oxygen atoms in total. The molecule has 1 unspecified atom stereocenters. The third-order valence-electron chi connectivity index (χ3n) is 3.90. The van der Waals surface area contributed by atoms with Gasteiger partial charge in [-0.2, -0.15) is 0 Å². The first-order chi connectivity index (χ1) is 13.3. The second kappa shape index (κ2) is 11.1. The molecule has 0 spiro atoms. The molecule has 1 aromatic carbocycles. The average molecular weight is 431 g/mol. The zero-order valence-electron chi connectivity index (χ0n) is 17.8. The quantitative estimate of drug-likeness (QED) is 0.489. The molecule has 0 aliphatic rings. The van der Waals surface area contributed by atoms with Gasteiger partial charge in [0, 0.05) is 23.4 Å². The van der Waals surface area contributed by atoms with Crippen LogP contribution in [0.3, 0.4) is 0 Å². The van der Waals surface area contributed by atoms with Gasteiger partial charge in [0.2, 0.25) is 0 Å². The number of aromatic nitrogens is 3.